The van der Waals surface area contributed by atoms with Gasteiger partial charge in [0.05, 0.1) is 5.41 Å². The van der Waals surface area contributed by atoms with Gasteiger partial charge in [-0.2, -0.15) is 0 Å². The number of hydrogen-bond acceptors (Lipinski definition) is 1. The van der Waals surface area contributed by atoms with Gasteiger partial charge in [-0.05, 0) is 41.2 Å². The van der Waals surface area contributed by atoms with Crippen LogP contribution in [0.3, 0.4) is 0 Å². The second-order valence-electron chi connectivity index (χ2n) is 8.45. The maximum Gasteiger partial charge on any atom is 0.0560 e. The summed E-state index contributed by atoms with van der Waals surface area (Å²) in [5.74, 6) is 0.447. The maximum atomic E-state index is 6.55. The largest absolute Gasteiger partial charge is 0.398 e. The zero-order chi connectivity index (χ0) is 18.2. The number of anilines is 1. The third kappa shape index (κ3) is 1.54. The summed E-state index contributed by atoms with van der Waals surface area (Å²) in [5, 5.41) is 0. The van der Waals surface area contributed by atoms with Gasteiger partial charge in [0.25, 0.3) is 0 Å². The zero-order valence-electron chi connectivity index (χ0n) is 15.6. The van der Waals surface area contributed by atoms with E-state index in [9.17, 15) is 0 Å². The number of nitrogens with two attached hydrogens (primary N) is 1. The summed E-state index contributed by atoms with van der Waals surface area (Å²) in [7, 11) is 0. The number of allylic oxidation sites excluding steroid dienone is 8. The van der Waals surface area contributed by atoms with Crippen LogP contribution in [0.5, 0.6) is 0 Å². The van der Waals surface area contributed by atoms with Gasteiger partial charge in [0.1, 0.15) is 0 Å². The van der Waals surface area contributed by atoms with Crippen molar-refractivity contribution in [3.63, 3.8) is 0 Å². The van der Waals surface area contributed by atoms with E-state index in [4.69, 9.17) is 5.73 Å². The summed E-state index contributed by atoms with van der Waals surface area (Å²) in [4.78, 5) is 0. The lowest BCUT2D eigenvalue weighted by Crippen LogP contribution is -2.43. The van der Waals surface area contributed by atoms with Crippen LogP contribution in [0.15, 0.2) is 90.1 Å². The van der Waals surface area contributed by atoms with E-state index in [-0.39, 0.29) is 10.8 Å². The van der Waals surface area contributed by atoms with E-state index >= 15 is 0 Å². The molecule has 0 aliphatic heterocycles. The van der Waals surface area contributed by atoms with E-state index in [1.165, 1.54) is 27.8 Å². The highest BCUT2D eigenvalue weighted by Crippen LogP contribution is 2.71. The number of fused-ring (bicyclic) bond motifs is 9. The minimum atomic E-state index is -0.160. The van der Waals surface area contributed by atoms with Crippen molar-refractivity contribution in [2.24, 2.45) is 11.3 Å². The molecular weight excluding hydrogens is 326 g/mol. The average molecular weight is 349 g/mol. The van der Waals surface area contributed by atoms with Gasteiger partial charge in [-0.25, -0.2) is 0 Å². The molecule has 1 spiro atoms. The first-order chi connectivity index (χ1) is 13.2. The summed E-state index contributed by atoms with van der Waals surface area (Å²) >= 11 is 0. The van der Waals surface area contributed by atoms with E-state index in [1.807, 2.05) is 6.07 Å². The first-order valence-corrected chi connectivity index (χ1v) is 9.94. The van der Waals surface area contributed by atoms with E-state index in [0.29, 0.717) is 5.92 Å². The van der Waals surface area contributed by atoms with Crippen LogP contribution in [-0.4, -0.2) is 0 Å². The third-order valence-electron chi connectivity index (χ3n) is 7.40. The van der Waals surface area contributed by atoms with E-state index in [0.717, 1.165) is 18.5 Å². The van der Waals surface area contributed by atoms with Gasteiger partial charge in [-0.1, -0.05) is 85.4 Å². The van der Waals surface area contributed by atoms with Gasteiger partial charge < -0.3 is 5.73 Å². The number of benzene rings is 2. The molecule has 2 N–H and O–H groups in total. The fraction of sp³-hybridized carbons (Fsp3) is 0.231. The lowest BCUT2D eigenvalue weighted by molar-refractivity contribution is 0.265. The Morgan fingerprint density at radius 3 is 2.78 bits per heavy atom. The van der Waals surface area contributed by atoms with Crippen LogP contribution in [0.25, 0.3) is 11.1 Å². The molecule has 0 saturated carbocycles. The van der Waals surface area contributed by atoms with Gasteiger partial charge >= 0.3 is 0 Å². The van der Waals surface area contributed by atoms with Crippen molar-refractivity contribution in [3.05, 3.63) is 101 Å². The Bertz CT molecular complexity index is 1110. The molecule has 1 nitrogen and oxygen atoms in total. The first-order valence-electron chi connectivity index (χ1n) is 9.94. The fourth-order valence-corrected chi connectivity index (χ4v) is 6.46. The monoisotopic (exact) mass is 349 g/mol. The van der Waals surface area contributed by atoms with Gasteiger partial charge in [-0.3, -0.25) is 0 Å². The van der Waals surface area contributed by atoms with Crippen LogP contribution >= 0.6 is 0 Å². The molecule has 0 radical (unpaired) electrons. The van der Waals surface area contributed by atoms with Crippen LogP contribution in [0.4, 0.5) is 5.69 Å². The van der Waals surface area contributed by atoms with E-state index in [1.54, 1.807) is 5.57 Å². The van der Waals surface area contributed by atoms with Crippen molar-refractivity contribution in [1.29, 1.82) is 0 Å². The summed E-state index contributed by atoms with van der Waals surface area (Å²) in [5.41, 5.74) is 15.7. The second-order valence-corrected chi connectivity index (χ2v) is 8.45. The molecule has 1 heteroatoms. The number of nitrogen functional groups attached to an aromatic ring is 1. The van der Waals surface area contributed by atoms with Gasteiger partial charge in [-0.15, -0.1) is 0 Å². The molecule has 2 aromatic rings. The van der Waals surface area contributed by atoms with Crippen molar-refractivity contribution in [2.75, 3.05) is 5.73 Å². The van der Waals surface area contributed by atoms with E-state index < -0.39 is 0 Å². The lowest BCUT2D eigenvalue weighted by Gasteiger charge is -2.46. The molecule has 3 atom stereocenters. The summed E-state index contributed by atoms with van der Waals surface area (Å²) in [6, 6.07) is 15.4. The van der Waals surface area contributed by atoms with Crippen molar-refractivity contribution in [2.45, 2.75) is 25.2 Å². The molecule has 4 aliphatic carbocycles. The van der Waals surface area contributed by atoms with Crippen molar-refractivity contribution in [3.8, 4) is 11.1 Å². The van der Waals surface area contributed by atoms with Crippen LogP contribution in [0, 0.1) is 11.3 Å². The summed E-state index contributed by atoms with van der Waals surface area (Å²) in [6.07, 6.45) is 16.4. The van der Waals surface area contributed by atoms with Gasteiger partial charge in [0.15, 0.2) is 0 Å². The smallest absolute Gasteiger partial charge is 0.0560 e. The maximum absolute atomic E-state index is 6.55. The average Bonchev–Trinajstić information content (AvgIpc) is 3.13. The minimum absolute atomic E-state index is 0.0176. The van der Waals surface area contributed by atoms with Gasteiger partial charge in [0, 0.05) is 22.6 Å². The quantitative estimate of drug-likeness (QED) is 0.585. The van der Waals surface area contributed by atoms with Crippen LogP contribution < -0.4 is 5.73 Å². The zero-order valence-corrected chi connectivity index (χ0v) is 15.6. The molecule has 4 aliphatic rings. The van der Waals surface area contributed by atoms with Crippen molar-refractivity contribution >= 4 is 5.69 Å². The Morgan fingerprint density at radius 1 is 1.00 bits per heavy atom. The molecule has 3 unspecified atom stereocenters. The molecule has 27 heavy (non-hydrogen) atoms. The first kappa shape index (κ1) is 15.3. The minimum Gasteiger partial charge on any atom is -0.398 e. The van der Waals surface area contributed by atoms with E-state index in [2.05, 4.69) is 79.8 Å². The van der Waals surface area contributed by atoms with Crippen LogP contribution in [-0.2, 0) is 5.41 Å². The topological polar surface area (TPSA) is 26.0 Å². The third-order valence-corrected chi connectivity index (χ3v) is 7.40. The highest BCUT2D eigenvalue weighted by molar-refractivity contribution is 5.92. The SMILES string of the molecule is CC12C=CC=CC1C1=C(C=CCC1)C21c2ccccc2-c2c(N)cccc21. The molecule has 0 bridgehead atoms. The Labute approximate surface area is 160 Å². The molecule has 0 saturated heterocycles. The molecule has 0 amide bonds. The Kier molecular flexibility index (Phi) is 2.78. The van der Waals surface area contributed by atoms with Crippen LogP contribution in [0.1, 0.15) is 30.9 Å². The molecular formula is C26H23N. The molecule has 6 rings (SSSR count). The predicted molar refractivity (Wildman–Crippen MR) is 112 cm³/mol. The lowest BCUT2D eigenvalue weighted by atomic mass is 9.55. The Hall–Kier alpha value is -2.80. The highest BCUT2D eigenvalue weighted by atomic mass is 14.7. The Balaban J connectivity index is 1.82. The van der Waals surface area contributed by atoms with Crippen molar-refractivity contribution in [1.82, 2.24) is 0 Å². The van der Waals surface area contributed by atoms with Crippen molar-refractivity contribution < 1.29 is 0 Å². The number of hydrogen-bond donors (Lipinski definition) is 1. The molecule has 0 aromatic heterocycles. The molecule has 132 valence electrons. The summed E-state index contributed by atoms with van der Waals surface area (Å²) in [6.45, 7) is 2.46. The fourth-order valence-electron chi connectivity index (χ4n) is 6.46. The normalized spacial score (nSPS) is 31.8. The Morgan fingerprint density at radius 2 is 1.85 bits per heavy atom. The molecule has 0 heterocycles. The standard InChI is InChI=1S/C26H23N/c1-25-16-7-6-11-19(25)17-9-2-4-12-20(17)26(25)21-13-5-3-10-18(21)24-22(26)14-8-15-23(24)27/h3-8,10-16,19H,2,9,27H2,1H3. The molecule has 0 fully saturated rings. The van der Waals surface area contributed by atoms with Gasteiger partial charge in [0.2, 0.25) is 0 Å². The highest BCUT2D eigenvalue weighted by Gasteiger charge is 2.64. The predicted octanol–water partition coefficient (Wildman–Crippen LogP) is 5.94. The number of rotatable bonds is 0. The van der Waals surface area contributed by atoms with Crippen LogP contribution in [0.2, 0.25) is 0 Å². The summed E-state index contributed by atoms with van der Waals surface area (Å²) < 4.78 is 0. The molecule has 2 aromatic carbocycles. The second kappa shape index (κ2) is 4.92.